The van der Waals surface area contributed by atoms with E-state index in [1.54, 1.807) is 12.1 Å². The smallest absolute Gasteiger partial charge is 0.125 e. The highest BCUT2D eigenvalue weighted by Crippen LogP contribution is 2.24. The van der Waals surface area contributed by atoms with E-state index in [-0.39, 0.29) is 11.9 Å². The number of halogens is 1. The van der Waals surface area contributed by atoms with E-state index in [9.17, 15) is 4.39 Å². The van der Waals surface area contributed by atoms with Gasteiger partial charge >= 0.3 is 0 Å². The first kappa shape index (κ1) is 16.9. The Morgan fingerprint density at radius 3 is 2.54 bits per heavy atom. The van der Waals surface area contributed by atoms with E-state index in [0.717, 1.165) is 30.9 Å². The summed E-state index contributed by atoms with van der Waals surface area (Å²) in [6.45, 7) is 8.04. The molecule has 3 nitrogen and oxygen atoms in total. The number of rotatable bonds is 5. The summed E-state index contributed by atoms with van der Waals surface area (Å²) in [7, 11) is 0. The Bertz CT molecular complexity index is 652. The molecule has 0 N–H and O–H groups in total. The highest BCUT2D eigenvalue weighted by atomic mass is 19.1. The second-order valence-corrected chi connectivity index (χ2v) is 6.28. The van der Waals surface area contributed by atoms with E-state index in [1.165, 1.54) is 23.3 Å². The average Bonchev–Trinajstić information content (AvgIpc) is 2.58. The molecule has 0 saturated carbocycles. The fourth-order valence-corrected chi connectivity index (χ4v) is 3.09. The van der Waals surface area contributed by atoms with E-state index in [4.69, 9.17) is 9.47 Å². The highest BCUT2D eigenvalue weighted by Gasteiger charge is 2.21. The summed E-state index contributed by atoms with van der Waals surface area (Å²) >= 11 is 0. The quantitative estimate of drug-likeness (QED) is 0.830. The van der Waals surface area contributed by atoms with E-state index < -0.39 is 0 Å². The Morgan fingerprint density at radius 1 is 1.12 bits per heavy atom. The predicted molar refractivity (Wildman–Crippen MR) is 92.9 cm³/mol. The topological polar surface area (TPSA) is 21.7 Å². The summed E-state index contributed by atoms with van der Waals surface area (Å²) in [4.78, 5) is 2.34. The van der Waals surface area contributed by atoms with Crippen LogP contribution >= 0.6 is 0 Å². The minimum atomic E-state index is -0.214. The molecule has 1 saturated heterocycles. The van der Waals surface area contributed by atoms with E-state index >= 15 is 0 Å². The highest BCUT2D eigenvalue weighted by molar-refractivity contribution is 5.39. The molecule has 1 heterocycles. The van der Waals surface area contributed by atoms with Crippen LogP contribution in [0, 0.1) is 19.7 Å². The van der Waals surface area contributed by atoms with Gasteiger partial charge in [0.15, 0.2) is 0 Å². The van der Waals surface area contributed by atoms with Crippen LogP contribution < -0.4 is 4.74 Å². The normalized spacial score (nSPS) is 18.5. The van der Waals surface area contributed by atoms with Crippen molar-refractivity contribution in [2.45, 2.75) is 20.0 Å². The molecule has 1 aliphatic rings. The molecular formula is C20H24FNO2. The summed E-state index contributed by atoms with van der Waals surface area (Å²) in [5.41, 5.74) is 3.36. The maximum Gasteiger partial charge on any atom is 0.125 e. The first-order valence-corrected chi connectivity index (χ1v) is 8.42. The summed E-state index contributed by atoms with van der Waals surface area (Å²) in [5, 5.41) is 0. The van der Waals surface area contributed by atoms with Gasteiger partial charge in [0, 0.05) is 19.6 Å². The number of benzene rings is 2. The maximum absolute atomic E-state index is 13.1. The van der Waals surface area contributed by atoms with Crippen molar-refractivity contribution in [2.24, 2.45) is 0 Å². The van der Waals surface area contributed by atoms with Crippen molar-refractivity contribution in [3.8, 4) is 5.75 Å². The van der Waals surface area contributed by atoms with Gasteiger partial charge in [-0.15, -0.1) is 0 Å². The first-order valence-electron chi connectivity index (χ1n) is 8.42. The van der Waals surface area contributed by atoms with Crippen molar-refractivity contribution < 1.29 is 13.9 Å². The Kier molecular flexibility index (Phi) is 5.48. The maximum atomic E-state index is 13.1. The average molecular weight is 329 g/mol. The molecule has 1 aliphatic heterocycles. The van der Waals surface area contributed by atoms with Gasteiger partial charge in [-0.05, 0) is 42.7 Å². The zero-order valence-electron chi connectivity index (χ0n) is 14.3. The van der Waals surface area contributed by atoms with Gasteiger partial charge in [0.05, 0.1) is 12.7 Å². The number of ether oxygens (including phenoxy) is 2. The van der Waals surface area contributed by atoms with Crippen molar-refractivity contribution in [3.05, 3.63) is 65.0 Å². The Hall–Kier alpha value is -1.91. The molecule has 2 aromatic carbocycles. The van der Waals surface area contributed by atoms with Gasteiger partial charge in [-0.25, -0.2) is 4.39 Å². The third kappa shape index (κ3) is 4.13. The molecule has 128 valence electrons. The second kappa shape index (κ2) is 7.77. The summed E-state index contributed by atoms with van der Waals surface area (Å²) in [5.74, 6) is 0.772. The monoisotopic (exact) mass is 329 g/mol. The van der Waals surface area contributed by atoms with Crippen molar-refractivity contribution in [2.75, 3.05) is 32.8 Å². The first-order chi connectivity index (χ1) is 11.6. The van der Waals surface area contributed by atoms with Crippen LogP contribution in [0.2, 0.25) is 0 Å². The van der Waals surface area contributed by atoms with Gasteiger partial charge in [-0.2, -0.15) is 0 Å². The summed E-state index contributed by atoms with van der Waals surface area (Å²) in [6.07, 6.45) is -0.000419. The standard InChI is InChI=1S/C20H24FNO2/c1-15-4-3-5-16(2)20(15)24-13-11-22-10-12-23-19(14-22)17-6-8-18(21)9-7-17/h3-9,19H,10-14H2,1-2H3/t19-/m0/s1. The van der Waals surface area contributed by atoms with Gasteiger partial charge in [-0.3, -0.25) is 4.90 Å². The lowest BCUT2D eigenvalue weighted by Crippen LogP contribution is -2.40. The lowest BCUT2D eigenvalue weighted by atomic mass is 10.1. The minimum Gasteiger partial charge on any atom is -0.492 e. The number of nitrogens with zero attached hydrogens (tertiary/aromatic N) is 1. The predicted octanol–water partition coefficient (Wildman–Crippen LogP) is 3.89. The van der Waals surface area contributed by atoms with Crippen molar-refractivity contribution in [1.29, 1.82) is 0 Å². The zero-order valence-corrected chi connectivity index (χ0v) is 14.3. The van der Waals surface area contributed by atoms with Crippen LogP contribution in [-0.2, 0) is 4.74 Å². The molecule has 0 bridgehead atoms. The summed E-state index contributed by atoms with van der Waals surface area (Å²) < 4.78 is 24.9. The van der Waals surface area contributed by atoms with Gasteiger partial charge in [0.25, 0.3) is 0 Å². The zero-order chi connectivity index (χ0) is 16.9. The second-order valence-electron chi connectivity index (χ2n) is 6.28. The van der Waals surface area contributed by atoms with E-state index in [0.29, 0.717) is 13.2 Å². The third-order valence-electron chi connectivity index (χ3n) is 4.46. The molecule has 0 radical (unpaired) electrons. The van der Waals surface area contributed by atoms with Crippen molar-refractivity contribution in [1.82, 2.24) is 4.90 Å². The number of para-hydroxylation sites is 1. The number of hydrogen-bond acceptors (Lipinski definition) is 3. The van der Waals surface area contributed by atoms with Crippen LogP contribution in [0.5, 0.6) is 5.75 Å². The van der Waals surface area contributed by atoms with E-state index in [1.807, 2.05) is 6.07 Å². The fourth-order valence-electron chi connectivity index (χ4n) is 3.09. The molecular weight excluding hydrogens is 305 g/mol. The van der Waals surface area contributed by atoms with Gasteiger partial charge < -0.3 is 9.47 Å². The number of morpholine rings is 1. The van der Waals surface area contributed by atoms with E-state index in [2.05, 4.69) is 30.9 Å². The molecule has 2 aromatic rings. The van der Waals surface area contributed by atoms with Crippen LogP contribution in [0.3, 0.4) is 0 Å². The van der Waals surface area contributed by atoms with Crippen LogP contribution in [0.25, 0.3) is 0 Å². The minimum absolute atomic E-state index is 0.000419. The Labute approximate surface area is 143 Å². The van der Waals surface area contributed by atoms with Crippen LogP contribution in [0.4, 0.5) is 4.39 Å². The SMILES string of the molecule is Cc1cccc(C)c1OCCN1CCO[C@H](c2ccc(F)cc2)C1. The molecule has 4 heteroatoms. The number of hydrogen-bond donors (Lipinski definition) is 0. The molecule has 24 heavy (non-hydrogen) atoms. The fraction of sp³-hybridized carbons (Fsp3) is 0.400. The molecule has 1 atom stereocenters. The Balaban J connectivity index is 1.53. The molecule has 0 spiro atoms. The van der Waals surface area contributed by atoms with Gasteiger partial charge in [-0.1, -0.05) is 30.3 Å². The molecule has 0 aliphatic carbocycles. The molecule has 1 fully saturated rings. The molecule has 0 unspecified atom stereocenters. The summed E-state index contributed by atoms with van der Waals surface area (Å²) in [6, 6.07) is 12.8. The molecule has 0 aromatic heterocycles. The molecule has 3 rings (SSSR count). The van der Waals surface area contributed by atoms with Crippen molar-refractivity contribution in [3.63, 3.8) is 0 Å². The Morgan fingerprint density at radius 2 is 1.83 bits per heavy atom. The van der Waals surface area contributed by atoms with Gasteiger partial charge in [0.2, 0.25) is 0 Å². The van der Waals surface area contributed by atoms with Crippen LogP contribution in [-0.4, -0.2) is 37.7 Å². The third-order valence-corrected chi connectivity index (χ3v) is 4.46. The van der Waals surface area contributed by atoms with Crippen LogP contribution in [0.15, 0.2) is 42.5 Å². The lowest BCUT2D eigenvalue weighted by molar-refractivity contribution is -0.0329. The lowest BCUT2D eigenvalue weighted by Gasteiger charge is -2.33. The van der Waals surface area contributed by atoms with Crippen LogP contribution in [0.1, 0.15) is 22.8 Å². The molecule has 0 amide bonds. The largest absolute Gasteiger partial charge is 0.492 e. The van der Waals surface area contributed by atoms with Crippen molar-refractivity contribution >= 4 is 0 Å². The number of aryl methyl sites for hydroxylation is 2. The van der Waals surface area contributed by atoms with Gasteiger partial charge in [0.1, 0.15) is 18.2 Å².